The molecule has 0 unspecified atom stereocenters. The highest BCUT2D eigenvalue weighted by Crippen LogP contribution is 2.30. The van der Waals surface area contributed by atoms with Gasteiger partial charge in [-0.05, 0) is 11.6 Å². The van der Waals surface area contributed by atoms with Gasteiger partial charge in [0.2, 0.25) is 0 Å². The summed E-state index contributed by atoms with van der Waals surface area (Å²) in [5.41, 5.74) is -0.273. The Hall–Kier alpha value is -1.03. The minimum Gasteiger partial charge on any atom is -0.395 e. The molecular weight excluding hydrogens is 193 g/mol. The Labute approximate surface area is 80.2 Å². The van der Waals surface area contributed by atoms with Crippen LogP contribution in [0, 0.1) is 5.92 Å². The van der Waals surface area contributed by atoms with E-state index in [-0.39, 0.29) is 6.61 Å². The van der Waals surface area contributed by atoms with Crippen LogP contribution < -0.4 is 0 Å². The number of aliphatic hydroxyl groups excluding tert-OH is 1. The summed E-state index contributed by atoms with van der Waals surface area (Å²) < 4.78 is 36.8. The summed E-state index contributed by atoms with van der Waals surface area (Å²) in [6.07, 6.45) is -4.33. The highest BCUT2D eigenvalue weighted by Gasteiger charge is 2.30. The van der Waals surface area contributed by atoms with Crippen molar-refractivity contribution in [3.05, 3.63) is 41.3 Å². The van der Waals surface area contributed by atoms with Crippen LogP contribution in [0.3, 0.4) is 0 Å². The number of benzene rings is 1. The van der Waals surface area contributed by atoms with Crippen LogP contribution in [0.1, 0.15) is 18.1 Å². The van der Waals surface area contributed by atoms with E-state index < -0.39 is 11.7 Å². The highest BCUT2D eigenvalue weighted by atomic mass is 19.4. The third kappa shape index (κ3) is 2.48. The first kappa shape index (κ1) is 11.0. The molecule has 0 aliphatic rings. The van der Waals surface area contributed by atoms with Crippen LogP contribution in [-0.2, 0) is 6.18 Å². The van der Waals surface area contributed by atoms with E-state index in [0.717, 1.165) is 12.1 Å². The molecule has 0 aliphatic carbocycles. The SMILES string of the molecule is C[C](CO)c1cccc(C(F)(F)F)c1. The van der Waals surface area contributed by atoms with Gasteiger partial charge in [0.1, 0.15) is 0 Å². The summed E-state index contributed by atoms with van der Waals surface area (Å²) in [7, 11) is 0. The Morgan fingerprint density at radius 1 is 1.36 bits per heavy atom. The predicted molar refractivity (Wildman–Crippen MR) is 46.5 cm³/mol. The van der Waals surface area contributed by atoms with E-state index in [1.54, 1.807) is 13.0 Å². The second kappa shape index (κ2) is 4.00. The van der Waals surface area contributed by atoms with Crippen molar-refractivity contribution in [3.8, 4) is 0 Å². The average Bonchev–Trinajstić information content (AvgIpc) is 2.15. The molecule has 4 heteroatoms. The van der Waals surface area contributed by atoms with Crippen LogP contribution in [0.25, 0.3) is 0 Å². The lowest BCUT2D eigenvalue weighted by Crippen LogP contribution is -2.07. The lowest BCUT2D eigenvalue weighted by Gasteiger charge is -2.11. The van der Waals surface area contributed by atoms with E-state index in [2.05, 4.69) is 0 Å². The van der Waals surface area contributed by atoms with Crippen LogP contribution in [-0.4, -0.2) is 11.7 Å². The summed E-state index contributed by atoms with van der Waals surface area (Å²) >= 11 is 0. The number of rotatable bonds is 2. The lowest BCUT2D eigenvalue weighted by molar-refractivity contribution is -0.137. The molecule has 0 amide bonds. The molecular formula is C10H10F3O. The maximum Gasteiger partial charge on any atom is 0.416 e. The molecule has 0 aromatic heterocycles. The van der Waals surface area contributed by atoms with Crippen LogP contribution in [0.2, 0.25) is 0 Å². The van der Waals surface area contributed by atoms with Crippen molar-refractivity contribution in [2.75, 3.05) is 6.61 Å². The fourth-order valence-electron chi connectivity index (χ4n) is 1.05. The minimum absolute atomic E-state index is 0.235. The Bertz CT molecular complexity index is 306. The lowest BCUT2D eigenvalue weighted by atomic mass is 10.00. The van der Waals surface area contributed by atoms with Crippen molar-refractivity contribution in [1.82, 2.24) is 0 Å². The monoisotopic (exact) mass is 203 g/mol. The van der Waals surface area contributed by atoms with Gasteiger partial charge in [0.15, 0.2) is 0 Å². The Morgan fingerprint density at radius 2 is 2.00 bits per heavy atom. The third-order valence-electron chi connectivity index (χ3n) is 1.92. The van der Waals surface area contributed by atoms with E-state index in [0.29, 0.717) is 11.5 Å². The molecule has 1 radical (unpaired) electrons. The predicted octanol–water partition coefficient (Wildman–Crippen LogP) is 2.64. The molecule has 0 saturated carbocycles. The van der Waals surface area contributed by atoms with Crippen molar-refractivity contribution in [2.24, 2.45) is 0 Å². The quantitative estimate of drug-likeness (QED) is 0.783. The maximum absolute atomic E-state index is 12.3. The normalized spacial score (nSPS) is 12.1. The van der Waals surface area contributed by atoms with Crippen molar-refractivity contribution in [1.29, 1.82) is 0 Å². The summed E-state index contributed by atoms with van der Waals surface area (Å²) in [6.45, 7) is 1.36. The maximum atomic E-state index is 12.3. The van der Waals surface area contributed by atoms with Crippen molar-refractivity contribution in [2.45, 2.75) is 13.1 Å². The van der Waals surface area contributed by atoms with Crippen LogP contribution in [0.15, 0.2) is 24.3 Å². The molecule has 0 aliphatic heterocycles. The second-order valence-corrected chi connectivity index (χ2v) is 3.02. The van der Waals surface area contributed by atoms with Gasteiger partial charge in [0.05, 0.1) is 12.2 Å². The van der Waals surface area contributed by atoms with Crippen LogP contribution in [0.5, 0.6) is 0 Å². The number of hydrogen-bond donors (Lipinski definition) is 1. The molecule has 0 spiro atoms. The zero-order chi connectivity index (χ0) is 10.8. The number of aliphatic hydroxyl groups is 1. The van der Waals surface area contributed by atoms with Gasteiger partial charge in [0, 0.05) is 5.92 Å². The van der Waals surface area contributed by atoms with E-state index in [9.17, 15) is 13.2 Å². The van der Waals surface area contributed by atoms with E-state index in [1.165, 1.54) is 6.07 Å². The summed E-state index contributed by atoms with van der Waals surface area (Å²) in [6, 6.07) is 4.91. The van der Waals surface area contributed by atoms with Gasteiger partial charge in [-0.15, -0.1) is 0 Å². The first-order chi connectivity index (χ1) is 6.45. The van der Waals surface area contributed by atoms with Crippen molar-refractivity contribution >= 4 is 0 Å². The Balaban J connectivity index is 3.01. The van der Waals surface area contributed by atoms with Gasteiger partial charge in [-0.25, -0.2) is 0 Å². The average molecular weight is 203 g/mol. The molecule has 1 rings (SSSR count). The highest BCUT2D eigenvalue weighted by molar-refractivity contribution is 5.34. The molecule has 14 heavy (non-hydrogen) atoms. The fourth-order valence-corrected chi connectivity index (χ4v) is 1.05. The van der Waals surface area contributed by atoms with Crippen molar-refractivity contribution < 1.29 is 18.3 Å². The van der Waals surface area contributed by atoms with Crippen LogP contribution >= 0.6 is 0 Å². The standard InChI is InChI=1S/C10H10F3O/c1-7(6-14)8-3-2-4-9(5-8)10(11,12)13/h2-5,14H,6H2,1H3. The smallest absolute Gasteiger partial charge is 0.395 e. The Kier molecular flexibility index (Phi) is 3.16. The van der Waals surface area contributed by atoms with Gasteiger partial charge < -0.3 is 5.11 Å². The summed E-state index contributed by atoms with van der Waals surface area (Å²) in [4.78, 5) is 0. The topological polar surface area (TPSA) is 20.2 Å². The molecule has 0 fully saturated rings. The van der Waals surface area contributed by atoms with E-state index >= 15 is 0 Å². The summed E-state index contributed by atoms with van der Waals surface area (Å²) in [5, 5.41) is 8.76. The molecule has 1 aromatic rings. The van der Waals surface area contributed by atoms with Gasteiger partial charge in [-0.1, -0.05) is 25.1 Å². The number of halogens is 3. The number of alkyl halides is 3. The van der Waals surface area contributed by atoms with Crippen LogP contribution in [0.4, 0.5) is 13.2 Å². The third-order valence-corrected chi connectivity index (χ3v) is 1.92. The molecule has 0 heterocycles. The van der Waals surface area contributed by atoms with Gasteiger partial charge in [-0.3, -0.25) is 0 Å². The fraction of sp³-hybridized carbons (Fsp3) is 0.300. The number of hydrogen-bond acceptors (Lipinski definition) is 1. The zero-order valence-corrected chi connectivity index (χ0v) is 7.60. The zero-order valence-electron chi connectivity index (χ0n) is 7.60. The van der Waals surface area contributed by atoms with Gasteiger partial charge in [-0.2, -0.15) is 13.2 Å². The molecule has 1 N–H and O–H groups in total. The first-order valence-electron chi connectivity index (χ1n) is 4.06. The molecule has 77 valence electrons. The largest absolute Gasteiger partial charge is 0.416 e. The minimum atomic E-state index is -4.33. The second-order valence-electron chi connectivity index (χ2n) is 3.02. The van der Waals surface area contributed by atoms with Gasteiger partial charge >= 0.3 is 6.18 Å². The molecule has 1 aromatic carbocycles. The molecule has 1 nitrogen and oxygen atoms in total. The molecule has 0 atom stereocenters. The summed E-state index contributed by atoms with van der Waals surface area (Å²) in [5.74, 6) is 0.524. The van der Waals surface area contributed by atoms with Crippen molar-refractivity contribution in [3.63, 3.8) is 0 Å². The molecule has 0 saturated heterocycles. The van der Waals surface area contributed by atoms with E-state index in [1.807, 2.05) is 0 Å². The first-order valence-corrected chi connectivity index (χ1v) is 4.06. The van der Waals surface area contributed by atoms with E-state index in [4.69, 9.17) is 5.11 Å². The van der Waals surface area contributed by atoms with Gasteiger partial charge in [0.25, 0.3) is 0 Å². The molecule has 0 bridgehead atoms. The Morgan fingerprint density at radius 3 is 2.50 bits per heavy atom.